The van der Waals surface area contributed by atoms with Crippen LogP contribution in [0.2, 0.25) is 0 Å². The molecule has 2 nitrogen and oxygen atoms in total. The first-order valence-corrected chi connectivity index (χ1v) is 4.43. The second kappa shape index (κ2) is 3.42. The Morgan fingerprint density at radius 3 is 2.57 bits per heavy atom. The highest BCUT2D eigenvalue weighted by Gasteiger charge is 2.47. The number of carboxylic acid groups (broad SMARTS) is 1. The quantitative estimate of drug-likeness (QED) is 0.744. The summed E-state index contributed by atoms with van der Waals surface area (Å²) in [6, 6.07) is 0. The second-order valence-corrected chi connectivity index (χ2v) is 4.05. The van der Waals surface area contributed by atoms with Gasteiger partial charge >= 0.3 is 5.97 Å². The van der Waals surface area contributed by atoms with Crippen molar-refractivity contribution in [1.29, 1.82) is 0 Å². The Morgan fingerprint density at radius 1 is 1.64 bits per heavy atom. The summed E-state index contributed by atoms with van der Waals surface area (Å²) in [5, 5.41) is 8.57. The third-order valence-corrected chi connectivity index (χ3v) is 3.10. The number of halogens is 4. The summed E-state index contributed by atoms with van der Waals surface area (Å²) in [5.74, 6) is -6.03. The summed E-state index contributed by atoms with van der Waals surface area (Å²) in [6.07, 6.45) is 0.402. The van der Waals surface area contributed by atoms with Gasteiger partial charge in [0.1, 0.15) is 5.92 Å². The minimum Gasteiger partial charge on any atom is -0.481 e. The Hall–Kier alpha value is -0.780. The van der Waals surface area contributed by atoms with Crippen molar-refractivity contribution < 1.29 is 23.1 Å². The highest BCUT2D eigenvalue weighted by Crippen LogP contribution is 2.45. The van der Waals surface area contributed by atoms with Crippen LogP contribution in [0.25, 0.3) is 0 Å². The van der Waals surface area contributed by atoms with E-state index in [1.807, 2.05) is 0 Å². The van der Waals surface area contributed by atoms with Gasteiger partial charge in [-0.2, -0.15) is 0 Å². The summed E-state index contributed by atoms with van der Waals surface area (Å²) in [6.45, 7) is 0.993. The predicted octanol–water partition coefficient (Wildman–Crippen LogP) is 2.86. The van der Waals surface area contributed by atoms with Crippen molar-refractivity contribution in [2.24, 2.45) is 5.92 Å². The topological polar surface area (TPSA) is 37.3 Å². The Bertz CT molecular complexity index is 346. The van der Waals surface area contributed by atoms with E-state index in [4.69, 9.17) is 5.11 Å². The molecule has 0 amide bonds. The van der Waals surface area contributed by atoms with E-state index in [-0.39, 0.29) is 0 Å². The van der Waals surface area contributed by atoms with Crippen LogP contribution in [-0.4, -0.2) is 15.7 Å². The smallest absolute Gasteiger partial charge is 0.315 e. The zero-order valence-corrected chi connectivity index (χ0v) is 8.61. The Labute approximate surface area is 86.2 Å². The van der Waals surface area contributed by atoms with Crippen LogP contribution in [-0.2, 0) is 4.79 Å². The first-order chi connectivity index (χ1) is 6.28. The van der Waals surface area contributed by atoms with Gasteiger partial charge in [-0.25, -0.2) is 13.2 Å². The molecule has 0 aromatic rings. The van der Waals surface area contributed by atoms with E-state index in [1.54, 1.807) is 0 Å². The number of aliphatic carboxylic acids is 1. The number of carbonyl (C=O) groups is 1. The Morgan fingerprint density at radius 2 is 2.14 bits per heavy atom. The van der Waals surface area contributed by atoms with E-state index in [0.29, 0.717) is 6.08 Å². The lowest BCUT2D eigenvalue weighted by atomic mass is 9.92. The van der Waals surface area contributed by atoms with Crippen molar-refractivity contribution in [3.05, 3.63) is 23.3 Å². The lowest BCUT2D eigenvalue weighted by Crippen LogP contribution is -2.35. The molecule has 0 aromatic carbocycles. The van der Waals surface area contributed by atoms with Gasteiger partial charge in [0, 0.05) is 5.57 Å². The van der Waals surface area contributed by atoms with Gasteiger partial charge in [-0.15, -0.1) is 0 Å². The molecule has 0 saturated carbocycles. The molecule has 1 rings (SSSR count). The molecule has 0 saturated heterocycles. The molecule has 1 aliphatic rings. The fourth-order valence-electron chi connectivity index (χ4n) is 1.11. The van der Waals surface area contributed by atoms with Crippen molar-refractivity contribution in [3.8, 4) is 0 Å². The average Bonchev–Trinajstić information content (AvgIpc) is 2.08. The lowest BCUT2D eigenvalue weighted by Gasteiger charge is -2.27. The molecule has 6 heteroatoms. The van der Waals surface area contributed by atoms with Crippen molar-refractivity contribution in [2.45, 2.75) is 11.5 Å². The van der Waals surface area contributed by atoms with E-state index < -0.39 is 33.7 Å². The van der Waals surface area contributed by atoms with Gasteiger partial charge in [-0.05, 0) is 28.9 Å². The Balaban J connectivity index is 3.25. The summed E-state index contributed by atoms with van der Waals surface area (Å²) in [4.78, 5) is 10.5. The third kappa shape index (κ3) is 1.58. The molecular weight excluding hydrogens is 265 g/mol. The molecule has 78 valence electrons. The molecular formula is C8H6BrF3O2. The maximum Gasteiger partial charge on any atom is 0.315 e. The van der Waals surface area contributed by atoms with E-state index in [9.17, 15) is 18.0 Å². The summed E-state index contributed by atoms with van der Waals surface area (Å²) >= 11 is 2.44. The van der Waals surface area contributed by atoms with Crippen molar-refractivity contribution in [1.82, 2.24) is 0 Å². The standard InChI is InChI=1S/C8H6BrF3O2/c1-3-6(11)5(10)2-4(7(13)14)8(3,9)12/h2,4H,1H3,(H,13,14). The van der Waals surface area contributed by atoms with E-state index >= 15 is 0 Å². The summed E-state index contributed by atoms with van der Waals surface area (Å²) in [5.41, 5.74) is -0.607. The molecule has 0 bridgehead atoms. The van der Waals surface area contributed by atoms with Crippen LogP contribution in [0.3, 0.4) is 0 Å². The van der Waals surface area contributed by atoms with E-state index in [2.05, 4.69) is 15.9 Å². The van der Waals surface area contributed by atoms with Gasteiger partial charge in [0.25, 0.3) is 0 Å². The van der Waals surface area contributed by atoms with Gasteiger partial charge < -0.3 is 5.11 Å². The van der Waals surface area contributed by atoms with Gasteiger partial charge in [0.05, 0.1) is 0 Å². The number of hydrogen-bond acceptors (Lipinski definition) is 1. The van der Waals surface area contributed by atoms with Crippen molar-refractivity contribution in [2.75, 3.05) is 0 Å². The molecule has 0 heterocycles. The number of hydrogen-bond donors (Lipinski definition) is 1. The highest BCUT2D eigenvalue weighted by molar-refractivity contribution is 9.10. The minimum atomic E-state index is -2.57. The molecule has 14 heavy (non-hydrogen) atoms. The average molecular weight is 271 g/mol. The molecule has 0 aromatic heterocycles. The normalized spacial score (nSPS) is 32.9. The number of allylic oxidation sites excluding steroid dienone is 3. The van der Waals surface area contributed by atoms with Crippen LogP contribution in [0.1, 0.15) is 6.92 Å². The maximum atomic E-state index is 13.6. The van der Waals surface area contributed by atoms with Gasteiger partial charge in [-0.1, -0.05) is 0 Å². The van der Waals surface area contributed by atoms with Crippen LogP contribution in [0.5, 0.6) is 0 Å². The van der Waals surface area contributed by atoms with Crippen LogP contribution >= 0.6 is 15.9 Å². The second-order valence-electron chi connectivity index (χ2n) is 2.89. The number of rotatable bonds is 1. The van der Waals surface area contributed by atoms with Crippen LogP contribution in [0.15, 0.2) is 23.3 Å². The lowest BCUT2D eigenvalue weighted by molar-refractivity contribution is -0.142. The zero-order valence-electron chi connectivity index (χ0n) is 7.02. The number of alkyl halides is 2. The largest absolute Gasteiger partial charge is 0.481 e. The fraction of sp³-hybridized carbons (Fsp3) is 0.375. The SMILES string of the molecule is CC1=C(F)C(F)=CC(C(=O)O)C1(F)Br. The fourth-order valence-corrected chi connectivity index (χ4v) is 1.61. The van der Waals surface area contributed by atoms with Crippen LogP contribution in [0, 0.1) is 5.92 Å². The molecule has 0 spiro atoms. The number of carboxylic acids is 1. The van der Waals surface area contributed by atoms with E-state index in [0.717, 1.165) is 6.92 Å². The molecule has 1 aliphatic carbocycles. The molecule has 0 fully saturated rings. The van der Waals surface area contributed by atoms with Crippen molar-refractivity contribution in [3.63, 3.8) is 0 Å². The zero-order chi connectivity index (χ0) is 11.1. The minimum absolute atomic E-state index is 0.402. The molecule has 2 unspecified atom stereocenters. The first-order valence-electron chi connectivity index (χ1n) is 3.63. The highest BCUT2D eigenvalue weighted by atomic mass is 79.9. The van der Waals surface area contributed by atoms with Gasteiger partial charge in [-0.3, -0.25) is 4.79 Å². The van der Waals surface area contributed by atoms with E-state index in [1.165, 1.54) is 0 Å². The molecule has 2 atom stereocenters. The third-order valence-electron chi connectivity index (χ3n) is 2.01. The summed E-state index contributed by atoms with van der Waals surface area (Å²) < 4.78 is 36.7. The molecule has 1 N–H and O–H groups in total. The van der Waals surface area contributed by atoms with Crippen LogP contribution in [0.4, 0.5) is 13.2 Å². The Kier molecular flexibility index (Phi) is 2.76. The van der Waals surface area contributed by atoms with Gasteiger partial charge in [0.2, 0.25) is 4.58 Å². The van der Waals surface area contributed by atoms with Gasteiger partial charge in [0.15, 0.2) is 11.7 Å². The molecule has 0 radical (unpaired) electrons. The predicted molar refractivity (Wildman–Crippen MR) is 46.9 cm³/mol. The maximum absolute atomic E-state index is 13.6. The monoisotopic (exact) mass is 270 g/mol. The summed E-state index contributed by atoms with van der Waals surface area (Å²) in [7, 11) is 0. The van der Waals surface area contributed by atoms with Crippen molar-refractivity contribution >= 4 is 21.9 Å². The first kappa shape index (κ1) is 11.3. The molecule has 0 aliphatic heterocycles. The van der Waals surface area contributed by atoms with Crippen LogP contribution < -0.4 is 0 Å².